The summed E-state index contributed by atoms with van der Waals surface area (Å²) in [6, 6.07) is 10.3. The zero-order chi connectivity index (χ0) is 19.7. The number of carbonyl (C=O) groups excluding carboxylic acids is 1. The highest BCUT2D eigenvalue weighted by Gasteiger charge is 2.31. The Kier molecular flexibility index (Phi) is 4.38. The van der Waals surface area contributed by atoms with Crippen LogP contribution in [0.4, 0.5) is 24.5 Å². The fourth-order valence-electron chi connectivity index (χ4n) is 2.97. The molecule has 0 saturated carbocycles. The van der Waals surface area contributed by atoms with Crippen LogP contribution in [-0.4, -0.2) is 21.6 Å². The molecule has 5 nitrogen and oxygen atoms in total. The molecule has 8 heteroatoms. The molecule has 2 aromatic carbocycles. The zero-order valence-corrected chi connectivity index (χ0v) is 14.4. The van der Waals surface area contributed by atoms with E-state index in [1.165, 1.54) is 24.7 Å². The number of fused-ring (bicyclic) bond motifs is 1. The molecule has 0 aliphatic carbocycles. The van der Waals surface area contributed by atoms with Gasteiger partial charge in [-0.05, 0) is 29.3 Å². The summed E-state index contributed by atoms with van der Waals surface area (Å²) in [6.07, 6.45) is 0.177. The van der Waals surface area contributed by atoms with Crippen LogP contribution in [-0.2, 0) is 12.6 Å². The van der Waals surface area contributed by atoms with Gasteiger partial charge in [0.25, 0.3) is 5.91 Å². The number of carbonyl (C=O) groups is 1. The molecule has 0 atom stereocenters. The maximum atomic E-state index is 13.0. The highest BCUT2D eigenvalue weighted by Crippen LogP contribution is 2.37. The van der Waals surface area contributed by atoms with Crippen molar-refractivity contribution in [2.24, 2.45) is 4.99 Å². The minimum absolute atomic E-state index is 0.153. The number of amides is 1. The lowest BCUT2D eigenvalue weighted by Crippen LogP contribution is -2.13. The van der Waals surface area contributed by atoms with Crippen molar-refractivity contribution < 1.29 is 18.0 Å². The van der Waals surface area contributed by atoms with Crippen molar-refractivity contribution in [3.8, 4) is 0 Å². The van der Waals surface area contributed by atoms with Crippen molar-refractivity contribution in [3.05, 3.63) is 83.4 Å². The number of hydrogen-bond acceptors (Lipinski definition) is 4. The second-order valence-electron chi connectivity index (χ2n) is 6.17. The van der Waals surface area contributed by atoms with E-state index in [-0.39, 0.29) is 5.69 Å². The first-order valence-corrected chi connectivity index (χ1v) is 8.36. The number of nitrogens with one attached hydrogen (secondary N) is 1. The Morgan fingerprint density at radius 2 is 1.89 bits per heavy atom. The molecule has 0 bridgehead atoms. The van der Waals surface area contributed by atoms with Crippen LogP contribution < -0.4 is 5.32 Å². The predicted molar refractivity (Wildman–Crippen MR) is 97.8 cm³/mol. The average Bonchev–Trinajstić information content (AvgIpc) is 3.13. The van der Waals surface area contributed by atoms with E-state index in [2.05, 4.69) is 20.3 Å². The van der Waals surface area contributed by atoms with E-state index in [0.717, 1.165) is 17.7 Å². The Hall–Kier alpha value is -3.55. The van der Waals surface area contributed by atoms with Gasteiger partial charge in [0.15, 0.2) is 0 Å². The standard InChI is InChI=1S/C20H13F3N4O/c21-20(22,23)14-5-1-3-12(9-14)16-10-13-4-2-6-15(18(13)26-16)27-19(28)17-11-24-7-8-25-17/h1-9,11H,10H2,(H,27,28). The van der Waals surface area contributed by atoms with E-state index in [9.17, 15) is 18.0 Å². The summed E-state index contributed by atoms with van der Waals surface area (Å²) in [5.41, 5.74) is 2.17. The largest absolute Gasteiger partial charge is 0.416 e. The van der Waals surface area contributed by atoms with Gasteiger partial charge in [-0.1, -0.05) is 24.3 Å². The van der Waals surface area contributed by atoms with Crippen LogP contribution >= 0.6 is 0 Å². The Morgan fingerprint density at radius 1 is 1.07 bits per heavy atom. The molecule has 0 spiro atoms. The summed E-state index contributed by atoms with van der Waals surface area (Å²) in [6.45, 7) is 0. The van der Waals surface area contributed by atoms with Gasteiger partial charge >= 0.3 is 6.18 Å². The summed E-state index contributed by atoms with van der Waals surface area (Å²) in [7, 11) is 0. The van der Waals surface area contributed by atoms with Crippen LogP contribution in [0.15, 0.2) is 66.0 Å². The van der Waals surface area contributed by atoms with E-state index >= 15 is 0 Å². The molecule has 1 aliphatic heterocycles. The number of alkyl halides is 3. The highest BCUT2D eigenvalue weighted by molar-refractivity contribution is 6.10. The maximum absolute atomic E-state index is 13.0. The lowest BCUT2D eigenvalue weighted by Gasteiger charge is -2.08. The summed E-state index contributed by atoms with van der Waals surface area (Å²) in [5, 5.41) is 2.74. The molecule has 1 amide bonds. The first-order chi connectivity index (χ1) is 13.4. The summed E-state index contributed by atoms with van der Waals surface area (Å²) in [4.78, 5) is 24.6. The number of rotatable bonds is 3. The topological polar surface area (TPSA) is 67.2 Å². The number of nitrogens with zero attached hydrogens (tertiary/aromatic N) is 3. The SMILES string of the molecule is O=C(Nc1cccc2c1N=C(c1cccc(C(F)(F)F)c1)C2)c1cnccn1. The molecule has 1 aliphatic rings. The monoisotopic (exact) mass is 382 g/mol. The van der Waals surface area contributed by atoms with Gasteiger partial charge in [0.2, 0.25) is 0 Å². The van der Waals surface area contributed by atoms with Crippen LogP contribution in [0.2, 0.25) is 0 Å². The van der Waals surface area contributed by atoms with Crippen LogP contribution in [0.25, 0.3) is 0 Å². The molecule has 2 heterocycles. The van der Waals surface area contributed by atoms with Crippen molar-refractivity contribution in [1.29, 1.82) is 0 Å². The highest BCUT2D eigenvalue weighted by atomic mass is 19.4. The number of aliphatic imine (C=N–C) groups is 1. The lowest BCUT2D eigenvalue weighted by molar-refractivity contribution is -0.137. The zero-order valence-electron chi connectivity index (χ0n) is 14.4. The fraction of sp³-hybridized carbons (Fsp3) is 0.100. The summed E-state index contributed by atoms with van der Waals surface area (Å²) < 4.78 is 39.0. The van der Waals surface area contributed by atoms with Gasteiger partial charge in [0, 0.05) is 18.8 Å². The van der Waals surface area contributed by atoms with Gasteiger partial charge < -0.3 is 5.32 Å². The van der Waals surface area contributed by atoms with E-state index in [1.807, 2.05) is 6.07 Å². The number of halogens is 3. The minimum atomic E-state index is -4.42. The molecular formula is C20H13F3N4O. The minimum Gasteiger partial charge on any atom is -0.319 e. The third-order valence-corrected chi connectivity index (χ3v) is 4.29. The van der Waals surface area contributed by atoms with Crippen molar-refractivity contribution in [2.45, 2.75) is 12.6 Å². The van der Waals surface area contributed by atoms with Gasteiger partial charge in [-0.2, -0.15) is 13.2 Å². The number of anilines is 1. The Labute approximate surface area is 158 Å². The number of hydrogen-bond donors (Lipinski definition) is 1. The second kappa shape index (κ2) is 6.88. The third kappa shape index (κ3) is 3.48. The van der Waals surface area contributed by atoms with E-state index in [0.29, 0.717) is 29.1 Å². The molecule has 28 heavy (non-hydrogen) atoms. The van der Waals surface area contributed by atoms with Crippen LogP contribution in [0, 0.1) is 0 Å². The summed E-state index contributed by atoms with van der Waals surface area (Å²) in [5.74, 6) is -0.441. The molecule has 1 aromatic heterocycles. The van der Waals surface area contributed by atoms with E-state index in [1.54, 1.807) is 18.2 Å². The van der Waals surface area contributed by atoms with Crippen molar-refractivity contribution >= 4 is 23.0 Å². The van der Waals surface area contributed by atoms with Crippen LogP contribution in [0.5, 0.6) is 0 Å². The Morgan fingerprint density at radius 3 is 2.64 bits per heavy atom. The molecule has 3 aromatic rings. The summed E-state index contributed by atoms with van der Waals surface area (Å²) >= 11 is 0. The van der Waals surface area contributed by atoms with Gasteiger partial charge in [-0.3, -0.25) is 9.78 Å². The smallest absolute Gasteiger partial charge is 0.319 e. The molecule has 1 N–H and O–H groups in total. The second-order valence-corrected chi connectivity index (χ2v) is 6.17. The molecule has 140 valence electrons. The first kappa shape index (κ1) is 17.8. The maximum Gasteiger partial charge on any atom is 0.416 e. The van der Waals surface area contributed by atoms with Crippen LogP contribution in [0.3, 0.4) is 0 Å². The molecule has 0 saturated heterocycles. The number of benzene rings is 2. The van der Waals surface area contributed by atoms with Gasteiger partial charge in [0.1, 0.15) is 5.69 Å². The van der Waals surface area contributed by atoms with Gasteiger partial charge in [-0.15, -0.1) is 0 Å². The van der Waals surface area contributed by atoms with Crippen molar-refractivity contribution in [3.63, 3.8) is 0 Å². The molecular weight excluding hydrogens is 369 g/mol. The Balaban J connectivity index is 1.65. The average molecular weight is 382 g/mol. The Bertz CT molecular complexity index is 1080. The van der Waals surface area contributed by atoms with Gasteiger partial charge in [0.05, 0.1) is 28.8 Å². The van der Waals surface area contributed by atoms with Crippen LogP contribution in [0.1, 0.15) is 27.2 Å². The lowest BCUT2D eigenvalue weighted by atomic mass is 10.0. The first-order valence-electron chi connectivity index (χ1n) is 8.36. The number of para-hydroxylation sites is 1. The molecule has 4 rings (SSSR count). The quantitative estimate of drug-likeness (QED) is 0.729. The third-order valence-electron chi connectivity index (χ3n) is 4.29. The molecule has 0 fully saturated rings. The van der Waals surface area contributed by atoms with Gasteiger partial charge in [-0.25, -0.2) is 9.98 Å². The number of aromatic nitrogens is 2. The van der Waals surface area contributed by atoms with Crippen molar-refractivity contribution in [1.82, 2.24) is 9.97 Å². The van der Waals surface area contributed by atoms with Crippen molar-refractivity contribution in [2.75, 3.05) is 5.32 Å². The fourth-order valence-corrected chi connectivity index (χ4v) is 2.97. The normalized spacial score (nSPS) is 13.0. The molecule has 0 unspecified atom stereocenters. The molecule has 0 radical (unpaired) electrons. The van der Waals surface area contributed by atoms with E-state index < -0.39 is 17.6 Å². The van der Waals surface area contributed by atoms with E-state index in [4.69, 9.17) is 0 Å². The predicted octanol–water partition coefficient (Wildman–Crippen LogP) is 4.42.